The first-order chi connectivity index (χ1) is 11.4. The van der Waals surface area contributed by atoms with Crippen molar-refractivity contribution in [2.24, 2.45) is 0 Å². The van der Waals surface area contributed by atoms with Gasteiger partial charge in [0, 0.05) is 11.4 Å². The number of hydrogen-bond donors (Lipinski definition) is 1. The molecule has 0 atom stereocenters. The summed E-state index contributed by atoms with van der Waals surface area (Å²) in [5.74, 6) is -0.00961. The van der Waals surface area contributed by atoms with Crippen molar-refractivity contribution in [3.63, 3.8) is 0 Å². The van der Waals surface area contributed by atoms with Crippen LogP contribution in [0, 0.1) is 13.8 Å². The lowest BCUT2D eigenvalue weighted by Crippen LogP contribution is -2.24. The molecule has 0 saturated heterocycles. The van der Waals surface area contributed by atoms with Gasteiger partial charge in [-0.3, -0.25) is 0 Å². The van der Waals surface area contributed by atoms with Gasteiger partial charge < -0.3 is 0 Å². The average Bonchev–Trinajstić information content (AvgIpc) is 3.14. The highest BCUT2D eigenvalue weighted by Crippen LogP contribution is 2.31. The fraction of sp³-hybridized carbons (Fsp3) is 0.235. The van der Waals surface area contributed by atoms with Gasteiger partial charge in [0.15, 0.2) is 0 Å². The zero-order chi connectivity index (χ0) is 17.2. The van der Waals surface area contributed by atoms with Crippen LogP contribution in [0.4, 0.5) is 0 Å². The van der Waals surface area contributed by atoms with Crippen molar-refractivity contribution in [2.45, 2.75) is 26.1 Å². The molecule has 2 aromatic heterocycles. The van der Waals surface area contributed by atoms with E-state index in [4.69, 9.17) is 0 Å². The van der Waals surface area contributed by atoms with E-state index in [0.717, 1.165) is 31.6 Å². The molecule has 3 rings (SSSR count). The minimum absolute atomic E-state index is 0.00961. The lowest BCUT2D eigenvalue weighted by Gasteiger charge is -2.06. The van der Waals surface area contributed by atoms with Crippen molar-refractivity contribution in [2.75, 3.05) is 0 Å². The molecule has 1 N–H and O–H groups in total. The maximum Gasteiger partial charge on any atom is 0.216 e. The highest BCUT2D eigenvalue weighted by Gasteiger charge is 2.15. The Kier molecular flexibility index (Phi) is 5.15. The summed E-state index contributed by atoms with van der Waals surface area (Å²) in [6.45, 7) is 4.15. The molecule has 0 saturated carbocycles. The second-order valence-corrected chi connectivity index (χ2v) is 9.41. The molecule has 0 aliphatic rings. The van der Waals surface area contributed by atoms with Gasteiger partial charge in [0.2, 0.25) is 10.0 Å². The van der Waals surface area contributed by atoms with E-state index in [0.29, 0.717) is 0 Å². The van der Waals surface area contributed by atoms with E-state index in [2.05, 4.69) is 9.71 Å². The van der Waals surface area contributed by atoms with Gasteiger partial charge in [0.25, 0.3) is 0 Å². The molecule has 126 valence electrons. The largest absolute Gasteiger partial charge is 0.240 e. The van der Waals surface area contributed by atoms with Gasteiger partial charge in [-0.25, -0.2) is 18.1 Å². The third-order valence-electron chi connectivity index (χ3n) is 3.52. The van der Waals surface area contributed by atoms with Crippen molar-refractivity contribution in [1.82, 2.24) is 9.71 Å². The minimum Gasteiger partial charge on any atom is -0.240 e. The van der Waals surface area contributed by atoms with Crippen LogP contribution in [0.5, 0.6) is 0 Å². The van der Waals surface area contributed by atoms with Crippen molar-refractivity contribution < 1.29 is 8.42 Å². The van der Waals surface area contributed by atoms with E-state index in [9.17, 15) is 8.42 Å². The van der Waals surface area contributed by atoms with Crippen LogP contribution < -0.4 is 4.72 Å². The van der Waals surface area contributed by atoms with Gasteiger partial charge in [0.05, 0.1) is 16.3 Å². The molecule has 0 spiro atoms. The summed E-state index contributed by atoms with van der Waals surface area (Å²) < 4.78 is 27.3. The van der Waals surface area contributed by atoms with Crippen LogP contribution in [-0.2, 0) is 22.3 Å². The minimum atomic E-state index is -3.38. The number of nitrogens with one attached hydrogen (secondary N) is 1. The number of rotatable bonds is 6. The molecule has 24 heavy (non-hydrogen) atoms. The molecule has 2 heterocycles. The average molecular weight is 379 g/mol. The Morgan fingerprint density at radius 2 is 2.00 bits per heavy atom. The summed E-state index contributed by atoms with van der Waals surface area (Å²) in [6, 6.07) is 11.6. The fourth-order valence-electron chi connectivity index (χ4n) is 2.35. The molecule has 0 amide bonds. The highest BCUT2D eigenvalue weighted by atomic mass is 32.2. The van der Waals surface area contributed by atoms with Gasteiger partial charge in [-0.15, -0.1) is 22.7 Å². The molecule has 0 radical (unpaired) electrons. The summed E-state index contributed by atoms with van der Waals surface area (Å²) in [6.07, 6.45) is 0. The van der Waals surface area contributed by atoms with E-state index >= 15 is 0 Å². The number of aryl methyl sites for hydroxylation is 2. The Morgan fingerprint density at radius 3 is 2.71 bits per heavy atom. The highest BCUT2D eigenvalue weighted by molar-refractivity contribution is 7.88. The maximum atomic E-state index is 12.3. The Morgan fingerprint density at radius 1 is 1.17 bits per heavy atom. The van der Waals surface area contributed by atoms with Crippen LogP contribution in [-0.4, -0.2) is 13.4 Å². The summed E-state index contributed by atoms with van der Waals surface area (Å²) in [5, 5.41) is 2.95. The van der Waals surface area contributed by atoms with Gasteiger partial charge in [-0.05, 0) is 30.9 Å². The molecule has 0 aliphatic heterocycles. The molecule has 0 aliphatic carbocycles. The van der Waals surface area contributed by atoms with Gasteiger partial charge in [0.1, 0.15) is 5.01 Å². The number of hydrogen-bond acceptors (Lipinski definition) is 5. The SMILES string of the molecule is Cc1cccc(CS(=O)(=O)NCc2sc(-c3cccs3)nc2C)c1. The number of thiazole rings is 1. The monoisotopic (exact) mass is 378 g/mol. The van der Waals surface area contributed by atoms with E-state index in [1.807, 2.05) is 55.6 Å². The topological polar surface area (TPSA) is 59.1 Å². The van der Waals surface area contributed by atoms with Gasteiger partial charge in [-0.1, -0.05) is 35.9 Å². The smallest absolute Gasteiger partial charge is 0.216 e. The fourth-order valence-corrected chi connectivity index (χ4v) is 5.32. The molecule has 0 unspecified atom stereocenters. The van der Waals surface area contributed by atoms with E-state index in [1.54, 1.807) is 11.3 Å². The summed E-state index contributed by atoms with van der Waals surface area (Å²) in [4.78, 5) is 6.60. The normalized spacial score (nSPS) is 11.8. The van der Waals surface area contributed by atoms with E-state index in [-0.39, 0.29) is 12.3 Å². The van der Waals surface area contributed by atoms with Crippen molar-refractivity contribution >= 4 is 32.7 Å². The molecule has 1 aromatic carbocycles. The quantitative estimate of drug-likeness (QED) is 0.702. The lowest BCUT2D eigenvalue weighted by atomic mass is 10.2. The first-order valence-electron chi connectivity index (χ1n) is 7.46. The van der Waals surface area contributed by atoms with Crippen LogP contribution in [0.2, 0.25) is 0 Å². The molecule has 0 bridgehead atoms. The summed E-state index contributed by atoms with van der Waals surface area (Å²) >= 11 is 3.17. The van der Waals surface area contributed by atoms with Crippen LogP contribution >= 0.6 is 22.7 Å². The van der Waals surface area contributed by atoms with Crippen molar-refractivity contribution in [3.05, 3.63) is 63.5 Å². The lowest BCUT2D eigenvalue weighted by molar-refractivity contribution is 0.581. The van der Waals surface area contributed by atoms with Crippen molar-refractivity contribution in [1.29, 1.82) is 0 Å². The second-order valence-electron chi connectivity index (χ2n) is 5.57. The first-order valence-corrected chi connectivity index (χ1v) is 10.8. The zero-order valence-corrected chi connectivity index (χ0v) is 15.9. The molecular formula is C17H18N2O2S3. The standard InChI is InChI=1S/C17H18N2O2S3/c1-12-5-3-6-14(9-12)11-24(20,21)18-10-16-13(2)19-17(23-16)15-7-4-8-22-15/h3-9,18H,10-11H2,1-2H3. The first kappa shape index (κ1) is 17.3. The summed E-state index contributed by atoms with van der Waals surface area (Å²) in [5.41, 5.74) is 2.73. The Bertz CT molecular complexity index is 929. The Balaban J connectivity index is 1.69. The zero-order valence-electron chi connectivity index (χ0n) is 13.4. The van der Waals surface area contributed by atoms with Gasteiger partial charge in [-0.2, -0.15) is 0 Å². The summed E-state index contributed by atoms with van der Waals surface area (Å²) in [7, 11) is -3.38. The van der Waals surface area contributed by atoms with E-state index in [1.165, 1.54) is 11.3 Å². The van der Waals surface area contributed by atoms with Crippen LogP contribution in [0.1, 0.15) is 21.7 Å². The molecule has 0 fully saturated rings. The number of thiophene rings is 1. The van der Waals surface area contributed by atoms with Crippen LogP contribution in [0.15, 0.2) is 41.8 Å². The van der Waals surface area contributed by atoms with Gasteiger partial charge >= 0.3 is 0 Å². The van der Waals surface area contributed by atoms with Crippen LogP contribution in [0.3, 0.4) is 0 Å². The Labute approximate surface area is 150 Å². The number of benzene rings is 1. The molecule has 7 heteroatoms. The third-order valence-corrected chi connectivity index (χ3v) is 7.01. The number of nitrogens with zero attached hydrogens (tertiary/aromatic N) is 1. The second kappa shape index (κ2) is 7.14. The maximum absolute atomic E-state index is 12.3. The predicted molar refractivity (Wildman–Crippen MR) is 101 cm³/mol. The number of sulfonamides is 1. The third kappa shape index (κ3) is 4.30. The predicted octanol–water partition coefficient (Wildman–Crippen LogP) is 4.11. The molecular weight excluding hydrogens is 360 g/mol. The number of aromatic nitrogens is 1. The molecule has 3 aromatic rings. The molecule has 4 nitrogen and oxygen atoms in total. The van der Waals surface area contributed by atoms with Crippen molar-refractivity contribution in [3.8, 4) is 9.88 Å². The Hall–Kier alpha value is -1.54. The van der Waals surface area contributed by atoms with Crippen LogP contribution in [0.25, 0.3) is 9.88 Å². The van der Waals surface area contributed by atoms with E-state index < -0.39 is 10.0 Å².